The highest BCUT2D eigenvalue weighted by Crippen LogP contribution is 2.40. The van der Waals surface area contributed by atoms with Gasteiger partial charge in [-0.05, 0) is 17.7 Å². The van der Waals surface area contributed by atoms with Crippen LogP contribution in [0.1, 0.15) is 16.7 Å². The van der Waals surface area contributed by atoms with Gasteiger partial charge in [0.05, 0.1) is 11.6 Å². The maximum absolute atomic E-state index is 6.25. The molecule has 2 aromatic rings. The van der Waals surface area contributed by atoms with Crippen molar-refractivity contribution in [3.63, 3.8) is 0 Å². The number of halogens is 1. The molecule has 0 N–H and O–H groups in total. The fraction of sp³-hybridized carbons (Fsp3) is 0.400. The zero-order valence-corrected chi connectivity index (χ0v) is 13.4. The topological polar surface area (TPSA) is 43.8 Å². The molecule has 0 bridgehead atoms. The number of hydrogen-bond acceptors (Lipinski definition) is 6. The quantitative estimate of drug-likeness (QED) is 0.860. The Hall–Kier alpha value is -1.34. The van der Waals surface area contributed by atoms with Crippen LogP contribution >= 0.6 is 22.9 Å². The van der Waals surface area contributed by atoms with Crippen LogP contribution in [0.2, 0.25) is 5.02 Å². The van der Waals surface area contributed by atoms with Crippen LogP contribution in [0.5, 0.6) is 11.5 Å². The van der Waals surface area contributed by atoms with E-state index in [0.717, 1.165) is 36.0 Å². The summed E-state index contributed by atoms with van der Waals surface area (Å²) in [6, 6.07) is 3.95. The van der Waals surface area contributed by atoms with Gasteiger partial charge in [0.2, 0.25) is 6.79 Å². The lowest BCUT2D eigenvalue weighted by molar-refractivity contribution is -0.0330. The fourth-order valence-electron chi connectivity index (χ4n) is 2.76. The minimum Gasteiger partial charge on any atom is -0.454 e. The molecule has 1 saturated heterocycles. The van der Waals surface area contributed by atoms with Crippen molar-refractivity contribution in [3.05, 3.63) is 39.3 Å². The first-order valence-electron chi connectivity index (χ1n) is 7.11. The average molecular weight is 339 g/mol. The Morgan fingerprint density at radius 2 is 2.32 bits per heavy atom. The molecule has 22 heavy (non-hydrogen) atoms. The number of aromatic nitrogens is 1. The second kappa shape index (κ2) is 6.04. The monoisotopic (exact) mass is 338 g/mol. The van der Waals surface area contributed by atoms with Gasteiger partial charge in [0.25, 0.3) is 0 Å². The first-order chi connectivity index (χ1) is 10.8. The number of nitrogens with zero attached hydrogens (tertiary/aromatic N) is 2. The highest BCUT2D eigenvalue weighted by atomic mass is 35.5. The van der Waals surface area contributed by atoms with Crippen LogP contribution in [0.15, 0.2) is 23.7 Å². The molecule has 4 rings (SSSR count). The minimum atomic E-state index is 0.0539. The highest BCUT2D eigenvalue weighted by Gasteiger charge is 2.25. The first-order valence-corrected chi connectivity index (χ1v) is 8.37. The van der Waals surface area contributed by atoms with E-state index in [-0.39, 0.29) is 12.9 Å². The van der Waals surface area contributed by atoms with E-state index in [9.17, 15) is 0 Å². The second-order valence-corrected chi connectivity index (χ2v) is 6.61. The molecule has 1 fully saturated rings. The van der Waals surface area contributed by atoms with Crippen molar-refractivity contribution in [3.8, 4) is 11.5 Å². The molecule has 1 aromatic heterocycles. The zero-order chi connectivity index (χ0) is 14.9. The second-order valence-electron chi connectivity index (χ2n) is 5.28. The predicted octanol–water partition coefficient (Wildman–Crippen LogP) is 3.10. The van der Waals surface area contributed by atoms with E-state index < -0.39 is 0 Å². The number of hydrogen-bond donors (Lipinski definition) is 0. The third-order valence-electron chi connectivity index (χ3n) is 3.77. The van der Waals surface area contributed by atoms with Crippen LogP contribution in [-0.2, 0) is 11.3 Å². The molecule has 0 spiro atoms. The van der Waals surface area contributed by atoms with Crippen LogP contribution in [0.4, 0.5) is 0 Å². The zero-order valence-electron chi connectivity index (χ0n) is 11.8. The van der Waals surface area contributed by atoms with Crippen molar-refractivity contribution < 1.29 is 14.2 Å². The number of fused-ring (bicyclic) bond motifs is 1. The Balaban J connectivity index is 1.48. The molecule has 0 amide bonds. The summed E-state index contributed by atoms with van der Waals surface area (Å²) in [7, 11) is 0. The molecule has 3 heterocycles. The molecule has 116 valence electrons. The first kappa shape index (κ1) is 14.3. The highest BCUT2D eigenvalue weighted by molar-refractivity contribution is 7.09. The van der Waals surface area contributed by atoms with Gasteiger partial charge in [-0.15, -0.1) is 11.3 Å². The standard InChI is InChI=1S/C15H15ClN2O3S/c16-11-5-10(6-12-14(11)21-9-20-12)7-18-2-3-19-13(8-18)15-17-1-4-22-15/h1,4-6,13H,2-3,7-9H2/t13-/m1/s1. The van der Waals surface area contributed by atoms with Crippen LogP contribution in [0, 0.1) is 0 Å². The third kappa shape index (κ3) is 2.79. The molecule has 0 aliphatic carbocycles. The molecular weight excluding hydrogens is 324 g/mol. The predicted molar refractivity (Wildman–Crippen MR) is 83.7 cm³/mol. The summed E-state index contributed by atoms with van der Waals surface area (Å²) in [5.74, 6) is 1.38. The van der Waals surface area contributed by atoms with E-state index in [0.29, 0.717) is 17.4 Å². The van der Waals surface area contributed by atoms with Crippen molar-refractivity contribution in [1.82, 2.24) is 9.88 Å². The van der Waals surface area contributed by atoms with Gasteiger partial charge in [-0.25, -0.2) is 4.98 Å². The lowest BCUT2D eigenvalue weighted by atomic mass is 10.1. The van der Waals surface area contributed by atoms with Crippen molar-refractivity contribution in [2.24, 2.45) is 0 Å². The van der Waals surface area contributed by atoms with Gasteiger partial charge in [-0.1, -0.05) is 11.6 Å². The number of thiazole rings is 1. The van der Waals surface area contributed by atoms with Gasteiger partial charge in [0, 0.05) is 31.2 Å². The largest absolute Gasteiger partial charge is 0.454 e. The van der Waals surface area contributed by atoms with Crippen LogP contribution in [-0.4, -0.2) is 36.4 Å². The minimum absolute atomic E-state index is 0.0539. The van der Waals surface area contributed by atoms with Crippen LogP contribution in [0.25, 0.3) is 0 Å². The van der Waals surface area contributed by atoms with E-state index in [1.807, 2.05) is 23.7 Å². The average Bonchev–Trinajstić information content (AvgIpc) is 3.19. The molecule has 2 aliphatic rings. The summed E-state index contributed by atoms with van der Waals surface area (Å²) in [5.41, 5.74) is 1.12. The van der Waals surface area contributed by atoms with E-state index >= 15 is 0 Å². The molecular formula is C15H15ClN2O3S. The normalized spacial score (nSPS) is 21.2. The maximum atomic E-state index is 6.25. The molecule has 0 unspecified atom stereocenters. The molecule has 1 atom stereocenters. The Kier molecular flexibility index (Phi) is 3.92. The van der Waals surface area contributed by atoms with E-state index in [2.05, 4.69) is 9.88 Å². The molecule has 0 saturated carbocycles. The van der Waals surface area contributed by atoms with Crippen molar-refractivity contribution in [2.45, 2.75) is 12.6 Å². The Labute approximate surface area is 137 Å². The number of morpholine rings is 1. The maximum Gasteiger partial charge on any atom is 0.231 e. The SMILES string of the molecule is Clc1cc(CN2CCO[C@@H](c3nccs3)C2)cc2c1OCO2. The van der Waals surface area contributed by atoms with Crippen LogP contribution < -0.4 is 9.47 Å². The molecule has 1 aromatic carbocycles. The smallest absolute Gasteiger partial charge is 0.231 e. The lowest BCUT2D eigenvalue weighted by Crippen LogP contribution is -2.37. The van der Waals surface area contributed by atoms with Crippen molar-refractivity contribution in [2.75, 3.05) is 26.5 Å². The molecule has 5 nitrogen and oxygen atoms in total. The van der Waals surface area contributed by atoms with Gasteiger partial charge in [-0.3, -0.25) is 4.90 Å². The van der Waals surface area contributed by atoms with Gasteiger partial charge < -0.3 is 14.2 Å². The summed E-state index contributed by atoms with van der Waals surface area (Å²) < 4.78 is 16.6. The third-order valence-corrected chi connectivity index (χ3v) is 4.92. The van der Waals surface area contributed by atoms with Gasteiger partial charge >= 0.3 is 0 Å². The van der Waals surface area contributed by atoms with E-state index in [1.165, 1.54) is 0 Å². The summed E-state index contributed by atoms with van der Waals surface area (Å²) in [6.07, 6.45) is 1.87. The number of benzene rings is 1. The molecule has 7 heteroatoms. The summed E-state index contributed by atoms with van der Waals surface area (Å²) >= 11 is 7.88. The Morgan fingerprint density at radius 3 is 3.18 bits per heavy atom. The Bertz CT molecular complexity index is 665. The van der Waals surface area contributed by atoms with E-state index in [1.54, 1.807) is 11.3 Å². The Morgan fingerprint density at radius 1 is 1.36 bits per heavy atom. The van der Waals surface area contributed by atoms with Crippen molar-refractivity contribution in [1.29, 1.82) is 0 Å². The van der Waals surface area contributed by atoms with Crippen LogP contribution in [0.3, 0.4) is 0 Å². The summed E-state index contributed by atoms with van der Waals surface area (Å²) in [5, 5.41) is 3.62. The van der Waals surface area contributed by atoms with Gasteiger partial charge in [0.1, 0.15) is 11.1 Å². The number of ether oxygens (including phenoxy) is 3. The van der Waals surface area contributed by atoms with E-state index in [4.69, 9.17) is 25.8 Å². The fourth-order valence-corrected chi connectivity index (χ4v) is 3.72. The number of rotatable bonds is 3. The molecule has 0 radical (unpaired) electrons. The molecule has 2 aliphatic heterocycles. The van der Waals surface area contributed by atoms with Gasteiger partial charge in [0.15, 0.2) is 11.5 Å². The van der Waals surface area contributed by atoms with Gasteiger partial charge in [-0.2, -0.15) is 0 Å². The summed E-state index contributed by atoms with van der Waals surface area (Å²) in [6.45, 7) is 3.49. The summed E-state index contributed by atoms with van der Waals surface area (Å²) in [4.78, 5) is 6.70. The lowest BCUT2D eigenvalue weighted by Gasteiger charge is -2.32. The van der Waals surface area contributed by atoms with Crippen molar-refractivity contribution >= 4 is 22.9 Å².